The first kappa shape index (κ1) is 14.9. The van der Waals surface area contributed by atoms with E-state index in [1.165, 1.54) is 6.26 Å². The highest BCUT2D eigenvalue weighted by Gasteiger charge is 2.39. The fraction of sp³-hybridized carbons (Fsp3) is 1.00. The predicted octanol–water partition coefficient (Wildman–Crippen LogP) is 0.884. The molecule has 1 aliphatic rings. The first-order chi connectivity index (χ1) is 7.58. The second-order valence-electron chi connectivity index (χ2n) is 6.14. The highest BCUT2D eigenvalue weighted by Crippen LogP contribution is 2.26. The van der Waals surface area contributed by atoms with Gasteiger partial charge in [0.05, 0.1) is 5.75 Å². The molecular formula is C12H26N2O2S. The highest BCUT2D eigenvalue weighted by atomic mass is 32.2. The SMILES string of the molecule is CCC1(C)CNC(C)(C)CN1CCS(C)(=O)=O. The van der Waals surface area contributed by atoms with Gasteiger partial charge in [-0.2, -0.15) is 0 Å². The van der Waals surface area contributed by atoms with Crippen molar-refractivity contribution in [3.05, 3.63) is 0 Å². The van der Waals surface area contributed by atoms with Gasteiger partial charge in [-0.25, -0.2) is 8.42 Å². The maximum atomic E-state index is 11.3. The first-order valence-electron chi connectivity index (χ1n) is 6.26. The second-order valence-corrected chi connectivity index (χ2v) is 8.40. The predicted molar refractivity (Wildman–Crippen MR) is 72.1 cm³/mol. The number of hydrogen-bond acceptors (Lipinski definition) is 4. The summed E-state index contributed by atoms with van der Waals surface area (Å²) in [6.45, 7) is 11.1. The zero-order valence-electron chi connectivity index (χ0n) is 11.7. The number of piperazine rings is 1. The summed E-state index contributed by atoms with van der Waals surface area (Å²) in [5.41, 5.74) is 0.131. The fourth-order valence-electron chi connectivity index (χ4n) is 2.24. The molecule has 0 saturated carbocycles. The Kier molecular flexibility index (Phi) is 4.27. The van der Waals surface area contributed by atoms with Crippen LogP contribution in [0.5, 0.6) is 0 Å². The Labute approximate surface area is 106 Å². The lowest BCUT2D eigenvalue weighted by molar-refractivity contribution is 0.0296. The number of hydrogen-bond donors (Lipinski definition) is 1. The summed E-state index contributed by atoms with van der Waals surface area (Å²) in [5.74, 6) is 0.249. The van der Waals surface area contributed by atoms with Crippen LogP contribution in [0.3, 0.4) is 0 Å². The molecule has 0 amide bonds. The minimum Gasteiger partial charge on any atom is -0.309 e. The lowest BCUT2D eigenvalue weighted by atomic mass is 9.88. The molecule has 1 saturated heterocycles. The lowest BCUT2D eigenvalue weighted by Gasteiger charge is -2.51. The molecular weight excluding hydrogens is 236 g/mol. The minimum atomic E-state index is -2.88. The molecule has 0 aromatic heterocycles. The molecule has 0 aromatic rings. The summed E-state index contributed by atoms with van der Waals surface area (Å²) >= 11 is 0. The van der Waals surface area contributed by atoms with Gasteiger partial charge in [-0.05, 0) is 27.2 Å². The van der Waals surface area contributed by atoms with E-state index in [0.717, 1.165) is 19.5 Å². The summed E-state index contributed by atoms with van der Waals surface area (Å²) < 4.78 is 22.6. The monoisotopic (exact) mass is 262 g/mol. The highest BCUT2D eigenvalue weighted by molar-refractivity contribution is 7.90. The van der Waals surface area contributed by atoms with Crippen molar-refractivity contribution in [1.82, 2.24) is 10.2 Å². The molecule has 0 bridgehead atoms. The molecule has 1 atom stereocenters. The van der Waals surface area contributed by atoms with E-state index in [1.54, 1.807) is 0 Å². The Morgan fingerprint density at radius 2 is 1.88 bits per heavy atom. The maximum absolute atomic E-state index is 11.3. The molecule has 1 fully saturated rings. The summed E-state index contributed by atoms with van der Waals surface area (Å²) in [4.78, 5) is 2.32. The molecule has 1 N–H and O–H groups in total. The van der Waals surface area contributed by atoms with Crippen LogP contribution in [0.2, 0.25) is 0 Å². The van der Waals surface area contributed by atoms with E-state index in [0.29, 0.717) is 6.54 Å². The van der Waals surface area contributed by atoms with E-state index in [4.69, 9.17) is 0 Å². The van der Waals surface area contributed by atoms with E-state index in [-0.39, 0.29) is 16.8 Å². The van der Waals surface area contributed by atoms with Crippen molar-refractivity contribution in [3.8, 4) is 0 Å². The van der Waals surface area contributed by atoms with Crippen molar-refractivity contribution >= 4 is 9.84 Å². The molecule has 1 rings (SSSR count). The third kappa shape index (κ3) is 4.23. The van der Waals surface area contributed by atoms with Crippen molar-refractivity contribution in [3.63, 3.8) is 0 Å². The maximum Gasteiger partial charge on any atom is 0.148 e. The second kappa shape index (κ2) is 4.86. The fourth-order valence-corrected chi connectivity index (χ4v) is 2.79. The van der Waals surface area contributed by atoms with Gasteiger partial charge in [-0.15, -0.1) is 0 Å². The van der Waals surface area contributed by atoms with Gasteiger partial charge in [0.15, 0.2) is 0 Å². The van der Waals surface area contributed by atoms with Crippen LogP contribution < -0.4 is 5.32 Å². The summed E-state index contributed by atoms with van der Waals surface area (Å²) in [5, 5.41) is 3.54. The van der Waals surface area contributed by atoms with E-state index >= 15 is 0 Å². The van der Waals surface area contributed by atoms with E-state index < -0.39 is 9.84 Å². The largest absolute Gasteiger partial charge is 0.309 e. The first-order valence-corrected chi connectivity index (χ1v) is 8.32. The topological polar surface area (TPSA) is 49.4 Å². The van der Waals surface area contributed by atoms with Gasteiger partial charge in [0.2, 0.25) is 0 Å². The molecule has 17 heavy (non-hydrogen) atoms. The lowest BCUT2D eigenvalue weighted by Crippen LogP contribution is -2.67. The van der Waals surface area contributed by atoms with Crippen LogP contribution in [0.25, 0.3) is 0 Å². The van der Waals surface area contributed by atoms with Crippen molar-refractivity contribution < 1.29 is 8.42 Å². The van der Waals surface area contributed by atoms with Crippen LogP contribution in [0.15, 0.2) is 0 Å². The van der Waals surface area contributed by atoms with E-state index in [9.17, 15) is 8.42 Å². The quantitative estimate of drug-likeness (QED) is 0.817. The molecule has 0 aliphatic carbocycles. The van der Waals surface area contributed by atoms with Gasteiger partial charge in [0.1, 0.15) is 9.84 Å². The Hall–Kier alpha value is -0.130. The standard InChI is InChI=1S/C12H26N2O2S/c1-6-12(4)9-13-11(2,3)10-14(12)7-8-17(5,15)16/h13H,6-10H2,1-5H3. The number of sulfone groups is 1. The third-order valence-corrected chi connectivity index (χ3v) is 4.72. The van der Waals surface area contributed by atoms with Crippen LogP contribution >= 0.6 is 0 Å². The molecule has 5 heteroatoms. The normalized spacial score (nSPS) is 30.4. The molecule has 1 unspecified atom stereocenters. The molecule has 1 heterocycles. The Morgan fingerprint density at radius 3 is 2.35 bits per heavy atom. The van der Waals surface area contributed by atoms with Gasteiger partial charge in [0.25, 0.3) is 0 Å². The molecule has 0 spiro atoms. The molecule has 1 aliphatic heterocycles. The van der Waals surface area contributed by atoms with Gasteiger partial charge in [-0.1, -0.05) is 6.92 Å². The molecule has 0 aromatic carbocycles. The molecule has 102 valence electrons. The van der Waals surface area contributed by atoms with Crippen LogP contribution in [0.4, 0.5) is 0 Å². The van der Waals surface area contributed by atoms with Crippen molar-refractivity contribution in [1.29, 1.82) is 0 Å². The third-order valence-electron chi connectivity index (χ3n) is 3.79. The van der Waals surface area contributed by atoms with Crippen molar-refractivity contribution in [2.75, 3.05) is 31.6 Å². The van der Waals surface area contributed by atoms with Crippen LogP contribution in [-0.4, -0.2) is 56.0 Å². The summed E-state index contributed by atoms with van der Waals surface area (Å²) in [6.07, 6.45) is 2.34. The summed E-state index contributed by atoms with van der Waals surface area (Å²) in [6, 6.07) is 0. The Bertz CT molecular complexity index is 365. The van der Waals surface area contributed by atoms with Crippen LogP contribution in [-0.2, 0) is 9.84 Å². The van der Waals surface area contributed by atoms with Crippen molar-refractivity contribution in [2.45, 2.75) is 45.2 Å². The number of rotatable bonds is 4. The minimum absolute atomic E-state index is 0.0617. The zero-order chi connectivity index (χ0) is 13.3. The summed E-state index contributed by atoms with van der Waals surface area (Å²) in [7, 11) is -2.88. The number of nitrogens with one attached hydrogen (secondary N) is 1. The van der Waals surface area contributed by atoms with Gasteiger partial charge in [0, 0.05) is 37.0 Å². The number of nitrogens with zero attached hydrogens (tertiary/aromatic N) is 1. The van der Waals surface area contributed by atoms with Gasteiger partial charge in [-0.3, -0.25) is 4.90 Å². The van der Waals surface area contributed by atoms with Crippen LogP contribution in [0.1, 0.15) is 34.1 Å². The zero-order valence-corrected chi connectivity index (χ0v) is 12.5. The van der Waals surface area contributed by atoms with Crippen molar-refractivity contribution in [2.24, 2.45) is 0 Å². The Balaban J connectivity index is 2.75. The van der Waals surface area contributed by atoms with Crippen LogP contribution in [0, 0.1) is 0 Å². The van der Waals surface area contributed by atoms with Gasteiger partial charge < -0.3 is 5.32 Å². The molecule has 0 radical (unpaired) electrons. The smallest absolute Gasteiger partial charge is 0.148 e. The average Bonchev–Trinajstić information content (AvgIpc) is 2.18. The Morgan fingerprint density at radius 1 is 1.29 bits per heavy atom. The van der Waals surface area contributed by atoms with Gasteiger partial charge >= 0.3 is 0 Å². The average molecular weight is 262 g/mol. The molecule has 4 nitrogen and oxygen atoms in total. The van der Waals surface area contributed by atoms with E-state index in [1.807, 2.05) is 0 Å². The van der Waals surface area contributed by atoms with E-state index in [2.05, 4.69) is 37.9 Å².